The monoisotopic (exact) mass is 636 g/mol. The smallest absolute Gasteiger partial charge is 0.434 e. The van der Waals surface area contributed by atoms with Gasteiger partial charge in [0, 0.05) is 48.9 Å². The molecular weight excluding hydrogens is 601 g/mol. The number of pyridine rings is 1. The van der Waals surface area contributed by atoms with E-state index in [0.717, 1.165) is 23.9 Å². The van der Waals surface area contributed by atoms with Crippen LogP contribution in [0.25, 0.3) is 0 Å². The van der Waals surface area contributed by atoms with Crippen LogP contribution in [0.4, 0.5) is 36.3 Å². The van der Waals surface area contributed by atoms with E-state index in [-0.39, 0.29) is 30.1 Å². The number of hydrogen-bond donors (Lipinski definition) is 3. The first-order valence-electron chi connectivity index (χ1n) is 15.7. The van der Waals surface area contributed by atoms with Crippen molar-refractivity contribution in [2.24, 2.45) is 17.8 Å². The maximum atomic E-state index is 14.6. The quantitative estimate of drug-likeness (QED) is 0.306. The van der Waals surface area contributed by atoms with E-state index in [4.69, 9.17) is 4.74 Å². The molecule has 1 aromatic carbocycles. The van der Waals surface area contributed by atoms with Crippen LogP contribution in [-0.2, 0) is 21.1 Å². The van der Waals surface area contributed by atoms with Crippen molar-refractivity contribution in [3.8, 4) is 0 Å². The number of carbonyl (C=O) groups excluding carboxylic acids is 1. The third-order valence-corrected chi connectivity index (χ3v) is 10.3. The van der Waals surface area contributed by atoms with Gasteiger partial charge in [0.2, 0.25) is 5.95 Å². The third-order valence-electron chi connectivity index (χ3n) is 10.3. The summed E-state index contributed by atoms with van der Waals surface area (Å²) in [5, 5.41) is 16.1. The van der Waals surface area contributed by atoms with Gasteiger partial charge in [-0.05, 0) is 92.2 Å². The standard InChI is InChI=1S/C33H35F3N6O4/c1-19-12-20-14-21(13-19)32(16-20,29(44)45)41-28(43)23-17-38-30(40-27(23)33(34,35)36)42-18-31(7-10-46-11-8-31)24-15-22(5-6-25(24)42)39-26-4-2-3-9-37-26/h2-6,9,15,17,19-21H,7-8,10-14,16,18H2,1H3,(H,37,39)(H,41,43)(H,44,45). The van der Waals surface area contributed by atoms with Crippen LogP contribution in [0.2, 0.25) is 0 Å². The van der Waals surface area contributed by atoms with E-state index >= 15 is 0 Å². The molecule has 1 spiro atoms. The number of alkyl halides is 3. The van der Waals surface area contributed by atoms with Gasteiger partial charge in [0.1, 0.15) is 11.4 Å². The summed E-state index contributed by atoms with van der Waals surface area (Å²) in [7, 11) is 0. The average molecular weight is 637 g/mol. The van der Waals surface area contributed by atoms with Crippen molar-refractivity contribution in [2.45, 2.75) is 62.6 Å². The second-order valence-corrected chi connectivity index (χ2v) is 13.3. The lowest BCUT2D eigenvalue weighted by Crippen LogP contribution is -2.57. The summed E-state index contributed by atoms with van der Waals surface area (Å²) in [5.74, 6) is -1.86. The zero-order chi connectivity index (χ0) is 32.3. The molecule has 2 bridgehead atoms. The molecule has 3 N–H and O–H groups in total. The number of anilines is 4. The third kappa shape index (κ3) is 5.23. The second kappa shape index (κ2) is 11.2. The second-order valence-electron chi connectivity index (χ2n) is 13.3. The van der Waals surface area contributed by atoms with Gasteiger partial charge in [-0.25, -0.2) is 19.7 Å². The molecule has 7 rings (SSSR count). The van der Waals surface area contributed by atoms with Crippen molar-refractivity contribution in [3.05, 3.63) is 65.6 Å². The lowest BCUT2D eigenvalue weighted by Gasteiger charge is -2.34. The van der Waals surface area contributed by atoms with Crippen LogP contribution in [0, 0.1) is 17.8 Å². The van der Waals surface area contributed by atoms with Gasteiger partial charge in [0.05, 0.1) is 5.56 Å². The van der Waals surface area contributed by atoms with E-state index < -0.39 is 40.3 Å². The fourth-order valence-electron chi connectivity index (χ4n) is 8.26. The maximum Gasteiger partial charge on any atom is 0.434 e. The predicted molar refractivity (Wildman–Crippen MR) is 162 cm³/mol. The molecule has 46 heavy (non-hydrogen) atoms. The first kappa shape index (κ1) is 30.4. The summed E-state index contributed by atoms with van der Waals surface area (Å²) >= 11 is 0. The molecule has 13 heteroatoms. The Labute approximate surface area is 263 Å². The number of benzene rings is 1. The maximum absolute atomic E-state index is 14.6. The molecule has 4 unspecified atom stereocenters. The zero-order valence-electron chi connectivity index (χ0n) is 25.3. The van der Waals surface area contributed by atoms with Gasteiger partial charge in [0.15, 0.2) is 5.69 Å². The van der Waals surface area contributed by atoms with Crippen LogP contribution < -0.4 is 15.5 Å². The molecule has 1 saturated heterocycles. The summed E-state index contributed by atoms with van der Waals surface area (Å²) < 4.78 is 49.4. The van der Waals surface area contributed by atoms with Crippen molar-refractivity contribution < 1.29 is 32.6 Å². The molecule has 0 radical (unpaired) electrons. The molecule has 3 aromatic rings. The van der Waals surface area contributed by atoms with Crippen molar-refractivity contribution >= 4 is 35.0 Å². The summed E-state index contributed by atoms with van der Waals surface area (Å²) in [6, 6.07) is 11.2. The Balaban J connectivity index is 1.23. The fourth-order valence-corrected chi connectivity index (χ4v) is 8.26. The Morgan fingerprint density at radius 1 is 1.09 bits per heavy atom. The number of carboxylic acids is 1. The summed E-state index contributed by atoms with van der Waals surface area (Å²) in [5.41, 5.74) is -1.81. The molecule has 242 valence electrons. The number of ether oxygens (including phenoxy) is 1. The Bertz CT molecular complexity index is 1660. The Morgan fingerprint density at radius 3 is 2.61 bits per heavy atom. The highest BCUT2D eigenvalue weighted by Gasteiger charge is 2.57. The molecule has 2 aliphatic heterocycles. The minimum atomic E-state index is -4.99. The number of amides is 1. The first-order valence-corrected chi connectivity index (χ1v) is 15.7. The van der Waals surface area contributed by atoms with E-state index in [1.54, 1.807) is 11.1 Å². The highest BCUT2D eigenvalue weighted by atomic mass is 19.4. The average Bonchev–Trinajstić information content (AvgIpc) is 3.47. The molecule has 4 atom stereocenters. The molecule has 2 aromatic heterocycles. The number of fused-ring (bicyclic) bond motifs is 4. The molecule has 10 nitrogen and oxygen atoms in total. The number of hydrogen-bond acceptors (Lipinski definition) is 8. The van der Waals surface area contributed by atoms with Crippen LogP contribution in [0.1, 0.15) is 67.1 Å². The first-order chi connectivity index (χ1) is 22.0. The van der Waals surface area contributed by atoms with Gasteiger partial charge in [-0.15, -0.1) is 0 Å². The highest BCUT2D eigenvalue weighted by molar-refractivity contribution is 5.99. The summed E-state index contributed by atoms with van der Waals surface area (Å²) in [4.78, 5) is 40.3. The number of carbonyl (C=O) groups is 2. The van der Waals surface area contributed by atoms with E-state index in [0.29, 0.717) is 56.9 Å². The van der Waals surface area contributed by atoms with Crippen LogP contribution in [0.15, 0.2) is 48.8 Å². The van der Waals surface area contributed by atoms with Crippen LogP contribution in [0.3, 0.4) is 0 Å². The normalized spacial score (nSPS) is 26.5. The van der Waals surface area contributed by atoms with Crippen molar-refractivity contribution in [1.29, 1.82) is 0 Å². The predicted octanol–water partition coefficient (Wildman–Crippen LogP) is 5.84. The van der Waals surface area contributed by atoms with E-state index in [2.05, 4.69) is 25.6 Å². The summed E-state index contributed by atoms with van der Waals surface area (Å²) in [6.07, 6.45) is 1.13. The number of nitrogens with one attached hydrogen (secondary N) is 2. The van der Waals surface area contributed by atoms with Gasteiger partial charge in [-0.3, -0.25) is 4.79 Å². The summed E-state index contributed by atoms with van der Waals surface area (Å²) in [6.45, 7) is 3.38. The lowest BCUT2D eigenvalue weighted by atomic mass is 9.76. The van der Waals surface area contributed by atoms with Crippen LogP contribution >= 0.6 is 0 Å². The topological polar surface area (TPSA) is 130 Å². The van der Waals surface area contributed by atoms with Gasteiger partial charge in [-0.1, -0.05) is 13.0 Å². The molecule has 1 amide bonds. The lowest BCUT2D eigenvalue weighted by molar-refractivity contribution is -0.146. The highest BCUT2D eigenvalue weighted by Crippen LogP contribution is 2.52. The van der Waals surface area contributed by atoms with Crippen molar-refractivity contribution in [3.63, 3.8) is 0 Å². The molecular formula is C33H35F3N6O4. The Kier molecular flexibility index (Phi) is 7.41. The van der Waals surface area contributed by atoms with Gasteiger partial charge < -0.3 is 25.4 Å². The Morgan fingerprint density at radius 2 is 1.89 bits per heavy atom. The van der Waals surface area contributed by atoms with E-state index in [1.165, 1.54) is 0 Å². The number of aliphatic carboxylic acids is 1. The molecule has 4 heterocycles. The van der Waals surface area contributed by atoms with E-state index in [1.807, 2.05) is 43.3 Å². The largest absolute Gasteiger partial charge is 0.479 e. The SMILES string of the molecule is CC1CC2CC(C1)C(NC(=O)c1cnc(N3CC4(CCOCC4)c4cc(Nc5ccccn5)ccc43)nc1C(F)(F)F)(C(=O)O)C2. The number of carboxylic acid groups (broad SMARTS) is 1. The number of rotatable bonds is 6. The number of nitrogens with zero attached hydrogens (tertiary/aromatic N) is 4. The van der Waals surface area contributed by atoms with Gasteiger partial charge in [-0.2, -0.15) is 13.2 Å². The minimum absolute atomic E-state index is 0.0956. The molecule has 2 aliphatic carbocycles. The molecule has 3 fully saturated rings. The van der Waals surface area contributed by atoms with Crippen molar-refractivity contribution in [1.82, 2.24) is 20.3 Å². The van der Waals surface area contributed by atoms with Gasteiger partial charge >= 0.3 is 12.1 Å². The van der Waals surface area contributed by atoms with Gasteiger partial charge in [0.25, 0.3) is 5.91 Å². The number of halogens is 3. The van der Waals surface area contributed by atoms with Crippen LogP contribution in [0.5, 0.6) is 0 Å². The number of aromatic nitrogens is 3. The molecule has 4 aliphatic rings. The van der Waals surface area contributed by atoms with E-state index in [9.17, 15) is 27.9 Å². The van der Waals surface area contributed by atoms with Crippen LogP contribution in [-0.4, -0.2) is 57.2 Å². The Hall–Kier alpha value is -4.26. The zero-order valence-corrected chi connectivity index (χ0v) is 25.3. The molecule has 2 saturated carbocycles. The fraction of sp³-hybridized carbons (Fsp3) is 0.485. The minimum Gasteiger partial charge on any atom is -0.479 e. The van der Waals surface area contributed by atoms with Crippen molar-refractivity contribution in [2.75, 3.05) is 30.0 Å².